The smallest absolute Gasteiger partial charge is 0.410 e. The van der Waals surface area contributed by atoms with Gasteiger partial charge in [-0.1, -0.05) is 30.3 Å². The van der Waals surface area contributed by atoms with Crippen LogP contribution in [0.1, 0.15) is 57.1 Å². The highest BCUT2D eigenvalue weighted by atomic mass is 16.6. The Balaban J connectivity index is 1.48. The van der Waals surface area contributed by atoms with E-state index < -0.39 is 11.7 Å². The van der Waals surface area contributed by atoms with Gasteiger partial charge in [0.2, 0.25) is 11.8 Å². The summed E-state index contributed by atoms with van der Waals surface area (Å²) in [5, 5.41) is 6.80. The van der Waals surface area contributed by atoms with Gasteiger partial charge in [-0.3, -0.25) is 14.6 Å². The molecule has 0 saturated heterocycles. The van der Waals surface area contributed by atoms with Crippen LogP contribution in [-0.2, 0) is 27.4 Å². The van der Waals surface area contributed by atoms with E-state index in [1.807, 2.05) is 83.8 Å². The molecule has 0 saturated carbocycles. The number of anilines is 1. The van der Waals surface area contributed by atoms with Crippen molar-refractivity contribution in [2.45, 2.75) is 73.2 Å². The average molecular weight is 619 g/mol. The average Bonchev–Trinajstić information content (AvgIpc) is 3.60. The molecule has 1 N–H and O–H groups in total. The summed E-state index contributed by atoms with van der Waals surface area (Å²) in [5.41, 5.74) is 4.18. The molecule has 3 aromatic rings. The molecule has 2 heterocycles. The lowest BCUT2D eigenvalue weighted by Gasteiger charge is -2.33. The Morgan fingerprint density at radius 3 is 2.27 bits per heavy atom. The van der Waals surface area contributed by atoms with Gasteiger partial charge in [0, 0.05) is 50.5 Å². The van der Waals surface area contributed by atoms with E-state index in [4.69, 9.17) is 9.15 Å². The Kier molecular flexibility index (Phi) is 10.5. The zero-order valence-corrected chi connectivity index (χ0v) is 27.7. The quantitative estimate of drug-likeness (QED) is 0.311. The SMILES string of the molecule is Cc1cnc(-c2ccc(C)c(NCC(=O)N(CCN(C(=O)OC(C)(C)C)C(C)C)CC(=O)N(C)N3Cc4ccccc4C3)c2)o1. The highest BCUT2D eigenvalue weighted by Gasteiger charge is 2.29. The number of carbonyl (C=O) groups excluding carboxylic acids is 3. The van der Waals surface area contributed by atoms with Crippen molar-refractivity contribution >= 4 is 23.6 Å². The number of nitrogens with one attached hydrogen (secondary N) is 1. The van der Waals surface area contributed by atoms with E-state index in [2.05, 4.69) is 22.4 Å². The van der Waals surface area contributed by atoms with Gasteiger partial charge < -0.3 is 24.3 Å². The Bertz CT molecular complexity index is 1490. The fourth-order valence-corrected chi connectivity index (χ4v) is 5.07. The number of amides is 3. The van der Waals surface area contributed by atoms with Crippen LogP contribution in [-0.4, -0.2) is 87.6 Å². The van der Waals surface area contributed by atoms with Crippen LogP contribution in [0.15, 0.2) is 53.1 Å². The van der Waals surface area contributed by atoms with E-state index in [1.54, 1.807) is 23.2 Å². The third-order valence-corrected chi connectivity index (χ3v) is 7.69. The fourth-order valence-electron chi connectivity index (χ4n) is 5.07. The Morgan fingerprint density at radius 1 is 1.02 bits per heavy atom. The number of ether oxygens (including phenoxy) is 1. The van der Waals surface area contributed by atoms with Crippen LogP contribution >= 0.6 is 0 Å². The minimum Gasteiger partial charge on any atom is -0.444 e. The van der Waals surface area contributed by atoms with Crippen molar-refractivity contribution in [1.29, 1.82) is 0 Å². The third-order valence-electron chi connectivity index (χ3n) is 7.69. The number of likely N-dealkylation sites (N-methyl/N-ethyl adjacent to an activating group) is 1. The highest BCUT2D eigenvalue weighted by Crippen LogP contribution is 2.26. The summed E-state index contributed by atoms with van der Waals surface area (Å²) in [5.74, 6) is 0.713. The summed E-state index contributed by atoms with van der Waals surface area (Å²) < 4.78 is 11.3. The van der Waals surface area contributed by atoms with E-state index in [1.165, 1.54) is 16.0 Å². The van der Waals surface area contributed by atoms with Crippen molar-refractivity contribution in [3.05, 3.63) is 71.1 Å². The fraction of sp³-hybridized carbons (Fsp3) is 0.471. The molecule has 11 heteroatoms. The van der Waals surface area contributed by atoms with Crippen molar-refractivity contribution in [3.8, 4) is 11.5 Å². The van der Waals surface area contributed by atoms with Crippen molar-refractivity contribution in [2.75, 3.05) is 38.5 Å². The molecule has 4 rings (SSSR count). The van der Waals surface area contributed by atoms with Crippen LogP contribution in [0.4, 0.5) is 10.5 Å². The molecule has 11 nitrogen and oxygen atoms in total. The number of rotatable bonds is 11. The van der Waals surface area contributed by atoms with Crippen LogP contribution in [0, 0.1) is 13.8 Å². The zero-order valence-electron chi connectivity index (χ0n) is 27.7. The van der Waals surface area contributed by atoms with Gasteiger partial charge in [0.25, 0.3) is 5.91 Å². The first-order valence-corrected chi connectivity index (χ1v) is 15.3. The van der Waals surface area contributed by atoms with Crippen molar-refractivity contribution in [3.63, 3.8) is 0 Å². The first-order valence-electron chi connectivity index (χ1n) is 15.3. The number of nitrogens with zero attached hydrogens (tertiary/aromatic N) is 5. The monoisotopic (exact) mass is 618 g/mol. The molecule has 0 radical (unpaired) electrons. The van der Waals surface area contributed by atoms with Crippen LogP contribution in [0.3, 0.4) is 0 Å². The highest BCUT2D eigenvalue weighted by molar-refractivity contribution is 5.87. The lowest BCUT2D eigenvalue weighted by atomic mass is 10.1. The number of fused-ring (bicyclic) bond motifs is 1. The lowest BCUT2D eigenvalue weighted by molar-refractivity contribution is -0.151. The summed E-state index contributed by atoms with van der Waals surface area (Å²) in [6.07, 6.45) is 1.20. The van der Waals surface area contributed by atoms with Gasteiger partial charge in [0.05, 0.1) is 12.7 Å². The van der Waals surface area contributed by atoms with Gasteiger partial charge in [-0.05, 0) is 77.3 Å². The maximum Gasteiger partial charge on any atom is 0.410 e. The Labute approximate surface area is 266 Å². The largest absolute Gasteiger partial charge is 0.444 e. The zero-order chi connectivity index (χ0) is 32.9. The van der Waals surface area contributed by atoms with E-state index in [-0.39, 0.29) is 44.0 Å². The molecule has 242 valence electrons. The molecule has 0 aliphatic carbocycles. The molecule has 0 spiro atoms. The first-order chi connectivity index (χ1) is 21.2. The second kappa shape index (κ2) is 14.2. The standard InChI is InChI=1S/C34H46N6O5/c1-23(2)40(33(43)45-34(5,6)7)16-15-38(22-31(42)37(8)39-20-27-11-9-10-12-28(27)21-39)30(41)19-35-29-17-26(14-13-24(29)3)32-36-18-25(4)44-32/h9-14,17-18,23,35H,15-16,19-22H2,1-8H3. The molecule has 45 heavy (non-hydrogen) atoms. The number of hydrogen-bond acceptors (Lipinski definition) is 8. The predicted octanol–water partition coefficient (Wildman–Crippen LogP) is 5.23. The van der Waals surface area contributed by atoms with E-state index >= 15 is 0 Å². The summed E-state index contributed by atoms with van der Waals surface area (Å²) in [6, 6.07) is 13.7. The summed E-state index contributed by atoms with van der Waals surface area (Å²) in [4.78, 5) is 47.7. The minimum atomic E-state index is -0.661. The molecule has 0 fully saturated rings. The topological polar surface area (TPSA) is 111 Å². The Hall–Kier alpha value is -4.38. The maximum absolute atomic E-state index is 13.7. The summed E-state index contributed by atoms with van der Waals surface area (Å²) >= 11 is 0. The first kappa shape index (κ1) is 33.5. The van der Waals surface area contributed by atoms with Crippen LogP contribution < -0.4 is 5.32 Å². The van der Waals surface area contributed by atoms with Gasteiger partial charge >= 0.3 is 6.09 Å². The molecule has 0 atom stereocenters. The van der Waals surface area contributed by atoms with Crippen molar-refractivity contribution in [1.82, 2.24) is 24.8 Å². The third kappa shape index (κ3) is 8.85. The van der Waals surface area contributed by atoms with Gasteiger partial charge in [-0.2, -0.15) is 0 Å². The number of hydrogen-bond donors (Lipinski definition) is 1. The number of aromatic nitrogens is 1. The minimum absolute atomic E-state index is 0.0465. The number of carbonyl (C=O) groups is 3. The molecule has 0 unspecified atom stereocenters. The van der Waals surface area contributed by atoms with E-state index in [9.17, 15) is 14.4 Å². The van der Waals surface area contributed by atoms with Gasteiger partial charge in [0.15, 0.2) is 0 Å². The Morgan fingerprint density at radius 2 is 1.69 bits per heavy atom. The summed E-state index contributed by atoms with van der Waals surface area (Å²) in [6.45, 7) is 14.4. The van der Waals surface area contributed by atoms with Gasteiger partial charge in [-0.15, -0.1) is 0 Å². The second-order valence-corrected chi connectivity index (χ2v) is 12.8. The normalized spacial score (nSPS) is 13.0. The van der Waals surface area contributed by atoms with E-state index in [0.29, 0.717) is 24.7 Å². The van der Waals surface area contributed by atoms with Crippen LogP contribution in [0.25, 0.3) is 11.5 Å². The molecular weight excluding hydrogens is 572 g/mol. The van der Waals surface area contributed by atoms with Crippen molar-refractivity contribution < 1.29 is 23.5 Å². The van der Waals surface area contributed by atoms with Crippen molar-refractivity contribution in [2.24, 2.45) is 0 Å². The van der Waals surface area contributed by atoms with E-state index in [0.717, 1.165) is 16.8 Å². The van der Waals surface area contributed by atoms with Gasteiger partial charge in [0.1, 0.15) is 17.9 Å². The molecular formula is C34H46N6O5. The predicted molar refractivity (Wildman–Crippen MR) is 173 cm³/mol. The molecule has 1 aliphatic rings. The molecule has 2 aromatic carbocycles. The number of oxazole rings is 1. The van der Waals surface area contributed by atoms with Crippen LogP contribution in [0.2, 0.25) is 0 Å². The maximum atomic E-state index is 13.7. The molecule has 3 amide bonds. The number of benzene rings is 2. The molecule has 1 aromatic heterocycles. The molecule has 1 aliphatic heterocycles. The van der Waals surface area contributed by atoms with Gasteiger partial charge in [-0.25, -0.2) is 14.8 Å². The van der Waals surface area contributed by atoms with Crippen LogP contribution in [0.5, 0.6) is 0 Å². The molecule has 0 bridgehead atoms. The number of aryl methyl sites for hydroxylation is 2. The lowest BCUT2D eigenvalue weighted by Crippen LogP contribution is -2.51. The second-order valence-electron chi connectivity index (χ2n) is 12.8. The number of hydrazine groups is 1. The summed E-state index contributed by atoms with van der Waals surface area (Å²) in [7, 11) is 1.73.